The van der Waals surface area contributed by atoms with Crippen LogP contribution in [0.5, 0.6) is 23.0 Å². The number of aliphatic hydroxyl groups is 3. The Labute approximate surface area is 324 Å². The summed E-state index contributed by atoms with van der Waals surface area (Å²) in [5.41, 5.74) is 0.557. The van der Waals surface area contributed by atoms with E-state index in [4.69, 9.17) is 18.9 Å². The first-order chi connectivity index (χ1) is 26.4. The molecule has 0 amide bonds. The molecule has 0 bridgehead atoms. The van der Waals surface area contributed by atoms with Crippen molar-refractivity contribution < 1.29 is 43.9 Å². The lowest BCUT2D eigenvalue weighted by Crippen LogP contribution is -2.61. The second-order valence-electron chi connectivity index (χ2n) is 15.7. The number of nitrogens with zero attached hydrogens (tertiary/aromatic N) is 1. The van der Waals surface area contributed by atoms with Crippen molar-refractivity contribution in [2.45, 2.75) is 91.8 Å². The molecule has 3 aromatic rings. The van der Waals surface area contributed by atoms with Gasteiger partial charge in [0.25, 0.3) is 0 Å². The third-order valence-electron chi connectivity index (χ3n) is 12.7. The molecule has 3 saturated carbocycles. The summed E-state index contributed by atoms with van der Waals surface area (Å²) < 4.78 is 23.0. The highest BCUT2D eigenvalue weighted by molar-refractivity contribution is 6.01. The van der Waals surface area contributed by atoms with Gasteiger partial charge in [-0.1, -0.05) is 31.6 Å². The fraction of sp³-hybridized carbons (Fsp3) is 0.533. The Morgan fingerprint density at radius 1 is 0.891 bits per heavy atom. The van der Waals surface area contributed by atoms with E-state index in [2.05, 4.69) is 18.0 Å². The summed E-state index contributed by atoms with van der Waals surface area (Å²) in [6, 6.07) is 12.1. The third-order valence-corrected chi connectivity index (χ3v) is 12.7. The van der Waals surface area contributed by atoms with Gasteiger partial charge in [0, 0.05) is 34.8 Å². The molecule has 1 aromatic heterocycles. The number of pyridine rings is 1. The summed E-state index contributed by atoms with van der Waals surface area (Å²) in [4.78, 5) is 28.8. The smallest absolute Gasteiger partial charge is 0.190 e. The van der Waals surface area contributed by atoms with Crippen molar-refractivity contribution in [1.29, 1.82) is 0 Å². The zero-order valence-corrected chi connectivity index (χ0v) is 33.1. The quantitative estimate of drug-likeness (QED) is 0.177. The number of carbonyl (C=O) groups excluding carboxylic acids is 2. The molecular formula is C45H57NO9. The number of hydrogen-bond donors (Lipinski definition) is 3. The molecule has 7 rings (SSSR count). The molecule has 3 N–H and O–H groups in total. The second kappa shape index (κ2) is 16.5. The average molecular weight is 756 g/mol. The fourth-order valence-electron chi connectivity index (χ4n) is 10.2. The Morgan fingerprint density at radius 2 is 1.55 bits per heavy atom. The van der Waals surface area contributed by atoms with Crippen molar-refractivity contribution in [3.8, 4) is 23.0 Å². The zero-order chi connectivity index (χ0) is 39.5. The van der Waals surface area contributed by atoms with Gasteiger partial charge >= 0.3 is 0 Å². The number of ether oxygens (including phenoxy) is 4. The number of aromatic nitrogens is 1. The number of rotatable bonds is 12. The van der Waals surface area contributed by atoms with Gasteiger partial charge in [-0.3, -0.25) is 14.6 Å². The maximum Gasteiger partial charge on any atom is 0.190 e. The normalized spacial score (nSPS) is 29.3. The van der Waals surface area contributed by atoms with Crippen LogP contribution in [-0.2, 0) is 16.0 Å². The fourth-order valence-corrected chi connectivity index (χ4v) is 10.2. The molecular weight excluding hydrogens is 698 g/mol. The van der Waals surface area contributed by atoms with Crippen LogP contribution in [0.25, 0.3) is 10.8 Å². The van der Waals surface area contributed by atoms with E-state index in [0.29, 0.717) is 45.7 Å². The Hall–Kier alpha value is -4.25. The van der Waals surface area contributed by atoms with Gasteiger partial charge in [-0.25, -0.2) is 0 Å². The number of ketones is 2. The van der Waals surface area contributed by atoms with Crippen molar-refractivity contribution in [2.24, 2.45) is 28.6 Å². The predicted molar refractivity (Wildman–Crippen MR) is 211 cm³/mol. The van der Waals surface area contributed by atoms with Gasteiger partial charge in [0.05, 0.1) is 38.2 Å². The molecule has 0 radical (unpaired) electrons. The number of aliphatic hydroxyl groups excluding tert-OH is 2. The van der Waals surface area contributed by atoms with E-state index in [-0.39, 0.29) is 29.0 Å². The average Bonchev–Trinajstić information content (AvgIpc) is 3.43. The SMILES string of the molecule is CCOc1ccc(Cc2nccc3cc(OCC)c(OCC)cc23)cc1OCC.C[C@]12C=CC(=O)C=C1CC[C@@H]1[C@@H]2[C@@H](O)C[C@@]2(C)[C@H]1CC[C@]2(O)C(=O)CO. The summed E-state index contributed by atoms with van der Waals surface area (Å²) in [5.74, 6) is 2.82. The first kappa shape index (κ1) is 40.4. The van der Waals surface area contributed by atoms with Crippen LogP contribution in [0.4, 0.5) is 0 Å². The van der Waals surface area contributed by atoms with Gasteiger partial charge in [0.15, 0.2) is 34.6 Å². The second-order valence-corrected chi connectivity index (χ2v) is 15.7. The Kier molecular flexibility index (Phi) is 12.1. The van der Waals surface area contributed by atoms with Crippen LogP contribution < -0.4 is 18.9 Å². The summed E-state index contributed by atoms with van der Waals surface area (Å²) in [5, 5.41) is 33.8. The molecule has 2 aromatic carbocycles. The predicted octanol–water partition coefficient (Wildman–Crippen LogP) is 6.98. The van der Waals surface area contributed by atoms with Gasteiger partial charge in [0.2, 0.25) is 0 Å². The molecule has 4 aliphatic rings. The van der Waals surface area contributed by atoms with E-state index in [9.17, 15) is 24.9 Å². The molecule has 4 aliphatic carbocycles. The van der Waals surface area contributed by atoms with Gasteiger partial charge in [-0.15, -0.1) is 0 Å². The van der Waals surface area contributed by atoms with Crippen LogP contribution in [-0.4, -0.2) is 76.6 Å². The van der Waals surface area contributed by atoms with Crippen LogP contribution in [0.3, 0.4) is 0 Å². The van der Waals surface area contributed by atoms with Gasteiger partial charge in [-0.2, -0.15) is 0 Å². The first-order valence-corrected chi connectivity index (χ1v) is 19.9. The monoisotopic (exact) mass is 755 g/mol. The maximum atomic E-state index is 12.4. The largest absolute Gasteiger partial charge is 0.490 e. The molecule has 55 heavy (non-hydrogen) atoms. The number of fused-ring (bicyclic) bond motifs is 6. The van der Waals surface area contributed by atoms with Crippen LogP contribution in [0.1, 0.15) is 84.9 Å². The molecule has 0 saturated heterocycles. The molecule has 3 fully saturated rings. The van der Waals surface area contributed by atoms with Crippen molar-refractivity contribution in [3.63, 3.8) is 0 Å². The van der Waals surface area contributed by atoms with Crippen molar-refractivity contribution in [1.82, 2.24) is 4.98 Å². The molecule has 10 heteroatoms. The van der Waals surface area contributed by atoms with Crippen LogP contribution in [0.15, 0.2) is 66.4 Å². The summed E-state index contributed by atoms with van der Waals surface area (Å²) in [7, 11) is 0. The highest BCUT2D eigenvalue weighted by Gasteiger charge is 2.68. The highest BCUT2D eigenvalue weighted by atomic mass is 16.5. The lowest BCUT2D eigenvalue weighted by Gasteiger charge is -2.59. The van der Waals surface area contributed by atoms with Crippen LogP contribution in [0.2, 0.25) is 0 Å². The summed E-state index contributed by atoms with van der Waals surface area (Å²) in [6.07, 6.45) is 10.2. The Morgan fingerprint density at radius 3 is 2.22 bits per heavy atom. The van der Waals surface area contributed by atoms with Gasteiger partial charge in [0.1, 0.15) is 12.2 Å². The molecule has 296 valence electrons. The van der Waals surface area contributed by atoms with Crippen molar-refractivity contribution >= 4 is 22.3 Å². The highest BCUT2D eigenvalue weighted by Crippen LogP contribution is 2.67. The maximum absolute atomic E-state index is 12.4. The van der Waals surface area contributed by atoms with Crippen LogP contribution >= 0.6 is 0 Å². The summed E-state index contributed by atoms with van der Waals surface area (Å²) in [6.45, 7) is 13.6. The lowest BCUT2D eigenvalue weighted by molar-refractivity contribution is -0.178. The topological polar surface area (TPSA) is 145 Å². The van der Waals surface area contributed by atoms with E-state index >= 15 is 0 Å². The number of Topliss-reactive ketones (excluding diaryl/α,β-unsaturated/α-hetero) is 1. The molecule has 0 aliphatic heterocycles. The lowest BCUT2D eigenvalue weighted by atomic mass is 9.46. The van der Waals surface area contributed by atoms with Crippen molar-refractivity contribution in [3.05, 3.63) is 77.7 Å². The first-order valence-electron chi connectivity index (χ1n) is 19.9. The zero-order valence-electron chi connectivity index (χ0n) is 33.1. The number of benzene rings is 2. The van der Waals surface area contributed by atoms with Gasteiger partial charge < -0.3 is 34.3 Å². The number of carbonyl (C=O) groups is 2. The molecule has 1 heterocycles. The molecule has 0 unspecified atom stereocenters. The standard InChI is InChI=1S/C24H29NO4.C21H28O5/c1-5-26-21-10-9-17(14-22(21)27-6-2)13-20-19-16-24(29-8-4)23(28-7-3)15-18(19)11-12-25-20;1-19-7-5-13(23)9-12(19)3-4-14-15-6-8-21(26,17(25)11-22)20(15,2)10-16(24)18(14)19/h9-12,14-16H,5-8,13H2,1-4H3;5,7,9,14-16,18,22,24,26H,3-4,6,8,10-11H2,1-2H3/t;14-,15-,16-,18+,19-,20-,21-/m.0/s1. The Balaban J connectivity index is 0.000000188. The Bertz CT molecular complexity index is 1960. The summed E-state index contributed by atoms with van der Waals surface area (Å²) >= 11 is 0. The minimum atomic E-state index is -1.56. The number of allylic oxidation sites excluding steroid dienone is 4. The van der Waals surface area contributed by atoms with Gasteiger partial charge in [-0.05, 0) is 125 Å². The van der Waals surface area contributed by atoms with E-state index < -0.39 is 29.5 Å². The third kappa shape index (κ3) is 7.41. The van der Waals surface area contributed by atoms with Crippen molar-refractivity contribution in [2.75, 3.05) is 33.0 Å². The minimum absolute atomic E-state index is 0.00912. The molecule has 0 spiro atoms. The molecule has 7 atom stereocenters. The molecule has 10 nitrogen and oxygen atoms in total. The number of hydrogen-bond acceptors (Lipinski definition) is 10. The van der Waals surface area contributed by atoms with E-state index in [0.717, 1.165) is 69.9 Å². The van der Waals surface area contributed by atoms with E-state index in [1.165, 1.54) is 0 Å². The van der Waals surface area contributed by atoms with E-state index in [1.807, 2.05) is 77.2 Å². The van der Waals surface area contributed by atoms with E-state index in [1.54, 1.807) is 12.2 Å². The minimum Gasteiger partial charge on any atom is -0.490 e. The van der Waals surface area contributed by atoms with Crippen LogP contribution in [0, 0.1) is 28.6 Å².